The van der Waals surface area contributed by atoms with E-state index < -0.39 is 23.6 Å². The van der Waals surface area contributed by atoms with Crippen molar-refractivity contribution in [1.29, 1.82) is 0 Å². The Balaban J connectivity index is 2.97. The van der Waals surface area contributed by atoms with Crippen LogP contribution in [0.3, 0.4) is 0 Å². The van der Waals surface area contributed by atoms with Gasteiger partial charge < -0.3 is 5.11 Å². The van der Waals surface area contributed by atoms with Gasteiger partial charge in [0.15, 0.2) is 11.6 Å². The first-order valence-electron chi connectivity index (χ1n) is 3.98. The van der Waals surface area contributed by atoms with Gasteiger partial charge in [0, 0.05) is 12.5 Å². The molecule has 0 aliphatic heterocycles. The zero-order valence-corrected chi connectivity index (χ0v) is 7.30. The average Bonchev–Trinajstić information content (AvgIpc) is 2.14. The molecule has 0 saturated carbocycles. The second-order valence-corrected chi connectivity index (χ2v) is 2.86. The van der Waals surface area contributed by atoms with E-state index in [1.54, 1.807) is 0 Å². The fraction of sp³-hybridized carbons (Fsp3) is 0.200. The Hall–Kier alpha value is -1.29. The number of halogens is 3. The van der Waals surface area contributed by atoms with Crippen LogP contribution in [0, 0.1) is 17.5 Å². The van der Waals surface area contributed by atoms with Crippen molar-refractivity contribution in [2.24, 2.45) is 0 Å². The molecule has 1 rings (SSSR count). The third-order valence-electron chi connectivity index (χ3n) is 1.79. The van der Waals surface area contributed by atoms with Crippen LogP contribution in [0.4, 0.5) is 13.2 Å². The molecule has 1 N–H and O–H groups in total. The van der Waals surface area contributed by atoms with Crippen molar-refractivity contribution < 1.29 is 18.3 Å². The highest BCUT2D eigenvalue weighted by molar-refractivity contribution is 5.21. The molecule has 0 aliphatic carbocycles. The lowest BCUT2D eigenvalue weighted by molar-refractivity contribution is 0.222. The van der Waals surface area contributed by atoms with Crippen LogP contribution >= 0.6 is 0 Å². The molecule has 1 aromatic carbocycles. The number of benzene rings is 1. The number of aliphatic hydroxyl groups excluding tert-OH is 1. The number of rotatable bonds is 3. The Morgan fingerprint density at radius 2 is 1.79 bits per heavy atom. The minimum absolute atomic E-state index is 0.0729. The summed E-state index contributed by atoms with van der Waals surface area (Å²) in [6, 6.07) is 1.19. The molecule has 1 atom stereocenters. The van der Waals surface area contributed by atoms with Gasteiger partial charge in [-0.3, -0.25) is 0 Å². The molecule has 0 saturated heterocycles. The highest BCUT2D eigenvalue weighted by Gasteiger charge is 2.11. The predicted octanol–water partition coefficient (Wildman–Crippen LogP) is 2.19. The zero-order valence-electron chi connectivity index (χ0n) is 7.30. The molecule has 0 heterocycles. The molecule has 0 aliphatic rings. The van der Waals surface area contributed by atoms with E-state index in [4.69, 9.17) is 5.11 Å². The first-order chi connectivity index (χ1) is 6.54. The molecule has 76 valence electrons. The van der Waals surface area contributed by atoms with Crippen LogP contribution in [-0.4, -0.2) is 11.2 Å². The average molecular weight is 202 g/mol. The quantitative estimate of drug-likeness (QED) is 0.588. The molecular formula is C10H9F3O. The van der Waals surface area contributed by atoms with Gasteiger partial charge >= 0.3 is 0 Å². The maximum absolute atomic E-state index is 13.0. The molecule has 0 spiro atoms. The third-order valence-corrected chi connectivity index (χ3v) is 1.79. The fourth-order valence-electron chi connectivity index (χ4n) is 1.03. The summed E-state index contributed by atoms with van der Waals surface area (Å²) >= 11 is 0. The summed E-state index contributed by atoms with van der Waals surface area (Å²) in [4.78, 5) is 0. The first-order valence-corrected chi connectivity index (χ1v) is 3.98. The van der Waals surface area contributed by atoms with E-state index in [1.165, 1.54) is 6.08 Å². The molecule has 0 bridgehead atoms. The van der Waals surface area contributed by atoms with Crippen molar-refractivity contribution in [3.05, 3.63) is 47.8 Å². The van der Waals surface area contributed by atoms with Gasteiger partial charge in [0.1, 0.15) is 5.82 Å². The van der Waals surface area contributed by atoms with Gasteiger partial charge in [-0.15, -0.1) is 6.58 Å². The Bertz CT molecular complexity index is 349. The highest BCUT2D eigenvalue weighted by atomic mass is 19.2. The lowest BCUT2D eigenvalue weighted by Crippen LogP contribution is -2.08. The summed E-state index contributed by atoms with van der Waals surface area (Å²) < 4.78 is 38.1. The van der Waals surface area contributed by atoms with Crippen molar-refractivity contribution >= 4 is 0 Å². The van der Waals surface area contributed by atoms with Gasteiger partial charge in [0.2, 0.25) is 0 Å². The zero-order chi connectivity index (χ0) is 10.7. The summed E-state index contributed by atoms with van der Waals surface area (Å²) in [6.07, 6.45) is 0.113. The van der Waals surface area contributed by atoms with E-state index in [1.807, 2.05) is 0 Å². The van der Waals surface area contributed by atoms with E-state index >= 15 is 0 Å². The Kier molecular flexibility index (Phi) is 3.30. The van der Waals surface area contributed by atoms with Crippen LogP contribution in [0.2, 0.25) is 0 Å². The van der Waals surface area contributed by atoms with Crippen LogP contribution in [0.1, 0.15) is 5.56 Å². The van der Waals surface area contributed by atoms with Crippen LogP contribution in [0.25, 0.3) is 0 Å². The van der Waals surface area contributed by atoms with Gasteiger partial charge in [-0.2, -0.15) is 0 Å². The van der Waals surface area contributed by atoms with Crippen LogP contribution in [0.15, 0.2) is 24.8 Å². The molecular weight excluding hydrogens is 193 g/mol. The fourth-order valence-corrected chi connectivity index (χ4v) is 1.03. The van der Waals surface area contributed by atoms with Crippen molar-refractivity contribution in [2.75, 3.05) is 0 Å². The van der Waals surface area contributed by atoms with Gasteiger partial charge in [-0.25, -0.2) is 13.2 Å². The van der Waals surface area contributed by atoms with Crippen molar-refractivity contribution in [2.45, 2.75) is 12.5 Å². The molecule has 0 radical (unpaired) electrons. The Morgan fingerprint density at radius 1 is 1.21 bits per heavy atom. The van der Waals surface area contributed by atoms with Gasteiger partial charge in [0.05, 0.1) is 6.10 Å². The molecule has 1 unspecified atom stereocenters. The number of aliphatic hydroxyl groups is 1. The minimum Gasteiger partial charge on any atom is -0.389 e. The monoisotopic (exact) mass is 202 g/mol. The summed E-state index contributed by atoms with van der Waals surface area (Å²) in [6.45, 7) is 3.29. The molecule has 14 heavy (non-hydrogen) atoms. The maximum Gasteiger partial charge on any atom is 0.161 e. The second-order valence-electron chi connectivity index (χ2n) is 2.86. The van der Waals surface area contributed by atoms with Gasteiger partial charge in [-0.1, -0.05) is 6.08 Å². The SMILES string of the molecule is C=CC(O)Cc1cc(F)c(F)cc1F. The normalized spacial score (nSPS) is 12.6. The molecule has 0 aromatic heterocycles. The minimum atomic E-state index is -1.24. The maximum atomic E-state index is 13.0. The molecule has 0 amide bonds. The lowest BCUT2D eigenvalue weighted by atomic mass is 10.1. The first kappa shape index (κ1) is 10.8. The van der Waals surface area contributed by atoms with Crippen LogP contribution in [0.5, 0.6) is 0 Å². The van der Waals surface area contributed by atoms with Crippen molar-refractivity contribution in [3.8, 4) is 0 Å². The number of hydrogen-bond acceptors (Lipinski definition) is 1. The topological polar surface area (TPSA) is 20.2 Å². The largest absolute Gasteiger partial charge is 0.389 e. The second kappa shape index (κ2) is 4.28. The van der Waals surface area contributed by atoms with Crippen LogP contribution in [-0.2, 0) is 6.42 Å². The summed E-state index contributed by atoms with van der Waals surface area (Å²) in [7, 11) is 0. The van der Waals surface area contributed by atoms with Gasteiger partial charge in [-0.05, 0) is 11.6 Å². The van der Waals surface area contributed by atoms with E-state index in [-0.39, 0.29) is 12.0 Å². The van der Waals surface area contributed by atoms with E-state index in [0.717, 1.165) is 6.07 Å². The van der Waals surface area contributed by atoms with E-state index in [0.29, 0.717) is 6.07 Å². The standard InChI is InChI=1S/C10H9F3O/c1-2-7(14)3-6-4-9(12)10(13)5-8(6)11/h2,4-5,7,14H,1,3H2. The van der Waals surface area contributed by atoms with E-state index in [9.17, 15) is 13.2 Å². The molecule has 1 aromatic rings. The van der Waals surface area contributed by atoms with Gasteiger partial charge in [0.25, 0.3) is 0 Å². The molecule has 1 nitrogen and oxygen atoms in total. The summed E-state index contributed by atoms with van der Waals surface area (Å²) in [5, 5.41) is 9.10. The highest BCUT2D eigenvalue weighted by Crippen LogP contribution is 2.15. The Morgan fingerprint density at radius 3 is 2.36 bits per heavy atom. The van der Waals surface area contributed by atoms with Crippen LogP contribution < -0.4 is 0 Å². The van der Waals surface area contributed by atoms with Crippen molar-refractivity contribution in [3.63, 3.8) is 0 Å². The van der Waals surface area contributed by atoms with Crippen molar-refractivity contribution in [1.82, 2.24) is 0 Å². The summed E-state index contributed by atoms with van der Waals surface area (Å²) in [5.41, 5.74) is -0.0729. The predicted molar refractivity (Wildman–Crippen MR) is 46.2 cm³/mol. The molecule has 4 heteroatoms. The molecule has 0 fully saturated rings. The lowest BCUT2D eigenvalue weighted by Gasteiger charge is -2.06. The third kappa shape index (κ3) is 2.35. The Labute approximate surface area is 79.5 Å². The summed E-state index contributed by atoms with van der Waals surface area (Å²) in [5.74, 6) is -3.23. The number of hydrogen-bond donors (Lipinski definition) is 1. The smallest absolute Gasteiger partial charge is 0.161 e. The van der Waals surface area contributed by atoms with E-state index in [2.05, 4.69) is 6.58 Å².